The molecule has 0 aliphatic carbocycles. The van der Waals surface area contributed by atoms with E-state index in [0.717, 1.165) is 16.7 Å². The molecule has 2 aromatic rings. The molecule has 0 bridgehead atoms. The maximum Gasteiger partial charge on any atom is 0.412 e. The highest BCUT2D eigenvalue weighted by atomic mass is 16.6. The van der Waals surface area contributed by atoms with E-state index in [1.54, 1.807) is 35.0 Å². The summed E-state index contributed by atoms with van der Waals surface area (Å²) in [6.45, 7) is 7.40. The number of hydrogen-bond donors (Lipinski definition) is 2. The first-order valence-electron chi connectivity index (χ1n) is 12.7. The predicted molar refractivity (Wildman–Crippen MR) is 143 cm³/mol. The third-order valence-corrected chi connectivity index (χ3v) is 6.78. The number of hydrogen-bond acceptors (Lipinski definition) is 8. The van der Waals surface area contributed by atoms with E-state index in [1.165, 1.54) is 12.0 Å². The van der Waals surface area contributed by atoms with Crippen molar-refractivity contribution in [2.45, 2.75) is 58.4 Å². The van der Waals surface area contributed by atoms with E-state index in [4.69, 9.17) is 23.7 Å². The zero-order chi connectivity index (χ0) is 28.5. The second-order valence-electron chi connectivity index (χ2n) is 10.5. The van der Waals surface area contributed by atoms with Crippen molar-refractivity contribution >= 4 is 12.0 Å². The number of aliphatic hydroxyl groups excluding tert-OH is 1. The summed E-state index contributed by atoms with van der Waals surface area (Å²) in [6, 6.07) is 8.23. The molecule has 2 N–H and O–H groups in total. The summed E-state index contributed by atoms with van der Waals surface area (Å²) < 4.78 is 28.8. The van der Waals surface area contributed by atoms with Crippen LogP contribution in [0, 0.1) is 6.92 Å². The van der Waals surface area contributed by atoms with Gasteiger partial charge in [0.25, 0.3) is 5.91 Å². The quantitative estimate of drug-likeness (QED) is 0.508. The first kappa shape index (κ1) is 28.1. The molecular weight excluding hydrogens is 504 g/mol. The maximum atomic E-state index is 13.8. The molecule has 2 amide bonds. The number of alkyl carbamates (subject to hydrolysis) is 1. The zero-order valence-electron chi connectivity index (χ0n) is 23.4. The van der Waals surface area contributed by atoms with E-state index in [9.17, 15) is 14.7 Å². The van der Waals surface area contributed by atoms with Gasteiger partial charge in [0.15, 0.2) is 11.5 Å². The molecule has 10 heteroatoms. The van der Waals surface area contributed by atoms with E-state index >= 15 is 0 Å². The first-order chi connectivity index (χ1) is 18.5. The monoisotopic (exact) mass is 540 g/mol. The summed E-state index contributed by atoms with van der Waals surface area (Å²) >= 11 is 0. The topological polar surface area (TPSA) is 116 Å². The molecule has 2 atom stereocenters. The van der Waals surface area contributed by atoms with Gasteiger partial charge in [-0.15, -0.1) is 0 Å². The highest BCUT2D eigenvalue weighted by molar-refractivity contribution is 6.00. The summed E-state index contributed by atoms with van der Waals surface area (Å²) in [5.74, 6) is 0.708. The molecule has 4 rings (SSSR count). The van der Waals surface area contributed by atoms with Crippen LogP contribution in [0.4, 0.5) is 4.79 Å². The maximum absolute atomic E-state index is 13.8. The summed E-state index contributed by atoms with van der Waals surface area (Å²) in [5, 5.41) is 13.7. The van der Waals surface area contributed by atoms with Crippen LogP contribution < -0.4 is 19.5 Å². The minimum Gasteiger partial charge on any atom is -0.508 e. The van der Waals surface area contributed by atoms with Crippen molar-refractivity contribution in [3.8, 4) is 17.2 Å². The van der Waals surface area contributed by atoms with E-state index in [2.05, 4.69) is 5.32 Å². The predicted octanol–water partition coefficient (Wildman–Crippen LogP) is 4.34. The first-order valence-corrected chi connectivity index (χ1v) is 12.7. The van der Waals surface area contributed by atoms with Crippen LogP contribution in [-0.4, -0.2) is 61.6 Å². The number of fused-ring (bicyclic) bond motifs is 2. The van der Waals surface area contributed by atoms with Gasteiger partial charge in [-0.3, -0.25) is 10.1 Å². The number of carbonyl (C=O) groups excluding carboxylic acids is 2. The van der Waals surface area contributed by atoms with Gasteiger partial charge in [-0.1, -0.05) is 30.3 Å². The molecule has 10 nitrogen and oxygen atoms in total. The second kappa shape index (κ2) is 11.1. The van der Waals surface area contributed by atoms with E-state index in [0.29, 0.717) is 29.4 Å². The third-order valence-electron chi connectivity index (χ3n) is 6.78. The third kappa shape index (κ3) is 5.34. The zero-order valence-corrected chi connectivity index (χ0v) is 23.4. The average Bonchev–Trinajstić information content (AvgIpc) is 3.11. The number of nitrogens with one attached hydrogen (secondary N) is 1. The molecule has 0 unspecified atom stereocenters. The number of amides is 2. The summed E-state index contributed by atoms with van der Waals surface area (Å²) in [5.41, 5.74) is 2.12. The van der Waals surface area contributed by atoms with Crippen molar-refractivity contribution in [1.29, 1.82) is 0 Å². The molecule has 0 fully saturated rings. The Morgan fingerprint density at radius 3 is 2.28 bits per heavy atom. The number of aliphatic hydroxyl groups is 1. The number of ether oxygens (including phenoxy) is 5. The standard InChI is InChI=1S/C29H36N2O8/c1-16-24(35-5)18-13-19-23(32)22(30-28(34)39-29(2,3)4)27(33)31(19)20(21(18)26(37-7)25(16)36-6)15-38-14-17-11-9-8-10-12-17/h8-12,19-20,32H,13-15H2,1-7H3,(H,30,34)/t19-,20+/m1/s1. The molecule has 210 valence electrons. The minimum atomic E-state index is -0.834. The summed E-state index contributed by atoms with van der Waals surface area (Å²) in [4.78, 5) is 27.8. The summed E-state index contributed by atoms with van der Waals surface area (Å²) in [6.07, 6.45) is -0.606. The lowest BCUT2D eigenvalue weighted by Crippen LogP contribution is -2.46. The van der Waals surface area contributed by atoms with Crippen molar-refractivity contribution in [3.63, 3.8) is 0 Å². The molecule has 2 aliphatic rings. The number of benzene rings is 2. The molecule has 2 aliphatic heterocycles. The highest BCUT2D eigenvalue weighted by Gasteiger charge is 2.50. The van der Waals surface area contributed by atoms with Crippen molar-refractivity contribution < 1.29 is 38.4 Å². The lowest BCUT2D eigenvalue weighted by atomic mass is 9.85. The van der Waals surface area contributed by atoms with Crippen LogP contribution in [0.1, 0.15) is 49.1 Å². The fourth-order valence-corrected chi connectivity index (χ4v) is 5.28. The van der Waals surface area contributed by atoms with Crippen LogP contribution in [0.15, 0.2) is 41.8 Å². The van der Waals surface area contributed by atoms with Crippen LogP contribution in [0.5, 0.6) is 17.2 Å². The Morgan fingerprint density at radius 1 is 1.05 bits per heavy atom. The van der Waals surface area contributed by atoms with Gasteiger partial charge < -0.3 is 33.7 Å². The Labute approximate surface area is 228 Å². The van der Waals surface area contributed by atoms with Gasteiger partial charge in [0.05, 0.1) is 46.6 Å². The van der Waals surface area contributed by atoms with E-state index in [1.807, 2.05) is 37.3 Å². The van der Waals surface area contributed by atoms with Gasteiger partial charge in [-0.25, -0.2) is 4.79 Å². The van der Waals surface area contributed by atoms with Crippen LogP contribution in [0.2, 0.25) is 0 Å². The molecule has 0 saturated carbocycles. The fraction of sp³-hybridized carbons (Fsp3) is 0.448. The largest absolute Gasteiger partial charge is 0.508 e. The van der Waals surface area contributed by atoms with E-state index < -0.39 is 29.7 Å². The van der Waals surface area contributed by atoms with Gasteiger partial charge in [-0.05, 0) is 33.3 Å². The van der Waals surface area contributed by atoms with Crippen LogP contribution >= 0.6 is 0 Å². The smallest absolute Gasteiger partial charge is 0.412 e. The minimum absolute atomic E-state index is 0.0862. The fourth-order valence-electron chi connectivity index (χ4n) is 5.28. The molecule has 0 saturated heterocycles. The number of methoxy groups -OCH3 is 3. The molecular formula is C29H36N2O8. The second-order valence-corrected chi connectivity index (χ2v) is 10.5. The van der Waals surface area contributed by atoms with E-state index in [-0.39, 0.29) is 24.5 Å². The van der Waals surface area contributed by atoms with Crippen molar-refractivity contribution in [1.82, 2.24) is 10.2 Å². The van der Waals surface area contributed by atoms with Crippen LogP contribution in [-0.2, 0) is 27.3 Å². The number of nitrogens with zero attached hydrogens (tertiary/aromatic N) is 1. The normalized spacial score (nSPS) is 18.4. The number of carbonyl (C=O) groups is 2. The Bertz CT molecular complexity index is 1280. The lowest BCUT2D eigenvalue weighted by molar-refractivity contribution is -0.132. The van der Waals surface area contributed by atoms with Crippen LogP contribution in [0.25, 0.3) is 0 Å². The highest BCUT2D eigenvalue weighted by Crippen LogP contribution is 2.52. The molecule has 39 heavy (non-hydrogen) atoms. The molecule has 0 spiro atoms. The van der Waals surface area contributed by atoms with Gasteiger partial charge in [0.1, 0.15) is 22.8 Å². The average molecular weight is 541 g/mol. The number of rotatable bonds is 8. The molecule has 0 aromatic heterocycles. The Hall–Kier alpha value is -3.92. The van der Waals surface area contributed by atoms with Gasteiger partial charge in [0.2, 0.25) is 0 Å². The van der Waals surface area contributed by atoms with Crippen molar-refractivity contribution in [2.24, 2.45) is 0 Å². The van der Waals surface area contributed by atoms with Gasteiger partial charge in [-0.2, -0.15) is 0 Å². The van der Waals surface area contributed by atoms with Crippen LogP contribution in [0.3, 0.4) is 0 Å². The summed E-state index contributed by atoms with van der Waals surface area (Å²) in [7, 11) is 4.64. The molecule has 2 aromatic carbocycles. The van der Waals surface area contributed by atoms with Crippen molar-refractivity contribution in [2.75, 3.05) is 27.9 Å². The Kier molecular flexibility index (Phi) is 7.96. The molecule has 2 heterocycles. The van der Waals surface area contributed by atoms with Gasteiger partial charge >= 0.3 is 6.09 Å². The Morgan fingerprint density at radius 2 is 1.69 bits per heavy atom. The lowest BCUT2D eigenvalue weighted by Gasteiger charge is -2.41. The van der Waals surface area contributed by atoms with Crippen molar-refractivity contribution in [3.05, 3.63) is 64.0 Å². The SMILES string of the molecule is COc1c(C)c(OC)c(OC)c2c1C[C@@H]1C(O)=C(NC(=O)OC(C)(C)C)C(=O)N1[C@H]2COCc1ccccc1. The van der Waals surface area contributed by atoms with Gasteiger partial charge in [0, 0.05) is 23.1 Å². The Balaban J connectivity index is 1.78. The molecule has 0 radical (unpaired) electrons.